The van der Waals surface area contributed by atoms with E-state index >= 15 is 0 Å². The van der Waals surface area contributed by atoms with Gasteiger partial charge in [0.05, 0.1) is 6.10 Å². The molecule has 168 valence electrons. The predicted octanol–water partition coefficient (Wildman–Crippen LogP) is 7.26. The zero-order valence-electron chi connectivity index (χ0n) is 20.3. The van der Waals surface area contributed by atoms with Crippen molar-refractivity contribution >= 4 is 14.1 Å². The van der Waals surface area contributed by atoms with Gasteiger partial charge in [0.1, 0.15) is 11.9 Å². The van der Waals surface area contributed by atoms with Crippen LogP contribution < -0.4 is 0 Å². The standard InChI is InChI=1S/C25H46O3Si/c1-11-13-14-15-16-22(26)18-17-20(3)19-21(4)24(23(12-2)27-8)28-29(9,10)25(5,6)7/h11-12,19,21,23-24H,1-2,13-18H2,3-10H3/t21?,23-,24-/m0/s1. The van der Waals surface area contributed by atoms with Gasteiger partial charge in [-0.1, -0.05) is 51.5 Å². The summed E-state index contributed by atoms with van der Waals surface area (Å²) >= 11 is 0. The lowest BCUT2D eigenvalue weighted by molar-refractivity contribution is -0.119. The number of hydrogen-bond acceptors (Lipinski definition) is 3. The normalized spacial score (nSPS) is 16.2. The Morgan fingerprint density at radius 2 is 1.72 bits per heavy atom. The number of rotatable bonds is 15. The van der Waals surface area contributed by atoms with Crippen LogP contribution in [0.25, 0.3) is 0 Å². The van der Waals surface area contributed by atoms with Gasteiger partial charge in [-0.2, -0.15) is 0 Å². The van der Waals surface area contributed by atoms with Crippen molar-refractivity contribution in [1.29, 1.82) is 0 Å². The maximum atomic E-state index is 12.1. The fourth-order valence-electron chi connectivity index (χ4n) is 3.05. The van der Waals surface area contributed by atoms with Crippen molar-refractivity contribution in [2.24, 2.45) is 5.92 Å². The van der Waals surface area contributed by atoms with Crippen LogP contribution in [-0.4, -0.2) is 33.4 Å². The molecule has 0 bridgehead atoms. The molecule has 1 unspecified atom stereocenters. The van der Waals surface area contributed by atoms with Crippen molar-refractivity contribution in [2.75, 3.05) is 7.11 Å². The molecule has 0 aromatic carbocycles. The molecule has 3 atom stereocenters. The Balaban J connectivity index is 5.05. The molecule has 3 nitrogen and oxygen atoms in total. The topological polar surface area (TPSA) is 35.5 Å². The van der Waals surface area contributed by atoms with E-state index in [1.165, 1.54) is 5.57 Å². The molecule has 0 saturated carbocycles. The molecule has 0 aliphatic rings. The smallest absolute Gasteiger partial charge is 0.192 e. The number of unbranched alkanes of at least 4 members (excludes halogenated alkanes) is 2. The Labute approximate surface area is 181 Å². The molecule has 29 heavy (non-hydrogen) atoms. The zero-order valence-corrected chi connectivity index (χ0v) is 21.3. The molecule has 0 amide bonds. The third-order valence-electron chi connectivity index (χ3n) is 6.04. The predicted molar refractivity (Wildman–Crippen MR) is 129 cm³/mol. The summed E-state index contributed by atoms with van der Waals surface area (Å²) in [6, 6.07) is 0. The largest absolute Gasteiger partial charge is 0.410 e. The lowest BCUT2D eigenvalue weighted by atomic mass is 9.95. The number of ether oxygens (including phenoxy) is 1. The molecule has 0 aromatic heterocycles. The lowest BCUT2D eigenvalue weighted by Crippen LogP contribution is -2.49. The first-order valence-corrected chi connectivity index (χ1v) is 13.9. The van der Waals surface area contributed by atoms with Crippen LogP contribution in [0.2, 0.25) is 18.1 Å². The van der Waals surface area contributed by atoms with Crippen LogP contribution in [0.15, 0.2) is 37.0 Å². The molecule has 0 spiro atoms. The average molecular weight is 423 g/mol. The first-order chi connectivity index (χ1) is 13.4. The van der Waals surface area contributed by atoms with Gasteiger partial charge in [-0.25, -0.2) is 0 Å². The molecule has 0 N–H and O–H groups in total. The van der Waals surface area contributed by atoms with Gasteiger partial charge in [-0.05, 0) is 50.7 Å². The van der Waals surface area contributed by atoms with E-state index in [-0.39, 0.29) is 23.2 Å². The summed E-state index contributed by atoms with van der Waals surface area (Å²) in [6.07, 6.45) is 10.9. The monoisotopic (exact) mass is 422 g/mol. The highest BCUT2D eigenvalue weighted by atomic mass is 28.4. The Morgan fingerprint density at radius 3 is 2.21 bits per heavy atom. The summed E-state index contributed by atoms with van der Waals surface area (Å²) in [5.74, 6) is 0.527. The summed E-state index contributed by atoms with van der Waals surface area (Å²) in [5, 5.41) is 0.126. The maximum Gasteiger partial charge on any atom is 0.192 e. The van der Waals surface area contributed by atoms with Crippen molar-refractivity contribution in [3.8, 4) is 0 Å². The molecule has 0 rings (SSSR count). The summed E-state index contributed by atoms with van der Waals surface area (Å²) < 4.78 is 12.4. The van der Waals surface area contributed by atoms with Crippen molar-refractivity contribution in [3.63, 3.8) is 0 Å². The second kappa shape index (κ2) is 13.4. The van der Waals surface area contributed by atoms with E-state index < -0.39 is 8.32 Å². The molecular weight excluding hydrogens is 376 g/mol. The fourth-order valence-corrected chi connectivity index (χ4v) is 4.44. The summed E-state index contributed by atoms with van der Waals surface area (Å²) in [6.45, 7) is 23.2. The van der Waals surface area contributed by atoms with E-state index in [1.54, 1.807) is 7.11 Å². The second-order valence-corrected chi connectivity index (χ2v) is 14.5. The van der Waals surface area contributed by atoms with E-state index in [1.807, 2.05) is 12.2 Å². The van der Waals surface area contributed by atoms with Crippen LogP contribution in [0.5, 0.6) is 0 Å². The van der Waals surface area contributed by atoms with E-state index in [0.717, 1.165) is 25.7 Å². The van der Waals surface area contributed by atoms with E-state index in [9.17, 15) is 4.79 Å². The van der Waals surface area contributed by atoms with Crippen LogP contribution in [-0.2, 0) is 14.0 Å². The Bertz CT molecular complexity index is 543. The Hall–Kier alpha value is -0.973. The zero-order chi connectivity index (χ0) is 22.7. The second-order valence-electron chi connectivity index (χ2n) is 9.72. The fraction of sp³-hybridized carbons (Fsp3) is 0.720. The molecule has 0 aliphatic heterocycles. The number of Topliss-reactive ketones (excluding diaryl/α,β-unsaturated/α-hetero) is 1. The van der Waals surface area contributed by atoms with Crippen molar-refractivity contribution in [3.05, 3.63) is 37.0 Å². The molecule has 0 aromatic rings. The molecule has 0 aliphatic carbocycles. The van der Waals surface area contributed by atoms with Gasteiger partial charge in [-0.15, -0.1) is 13.2 Å². The lowest BCUT2D eigenvalue weighted by Gasteiger charge is -2.42. The quantitative estimate of drug-likeness (QED) is 0.158. The number of carbonyl (C=O) groups excluding carboxylic acids is 1. The third kappa shape index (κ3) is 10.6. The van der Waals surface area contributed by atoms with Gasteiger partial charge in [-0.3, -0.25) is 4.79 Å². The first kappa shape index (κ1) is 28.0. The molecule has 0 saturated heterocycles. The highest BCUT2D eigenvalue weighted by molar-refractivity contribution is 6.74. The van der Waals surface area contributed by atoms with E-state index in [0.29, 0.717) is 18.6 Å². The van der Waals surface area contributed by atoms with Gasteiger partial charge in [0.25, 0.3) is 0 Å². The van der Waals surface area contributed by atoms with Gasteiger partial charge in [0, 0.05) is 25.9 Å². The van der Waals surface area contributed by atoms with Crippen LogP contribution >= 0.6 is 0 Å². The third-order valence-corrected chi connectivity index (χ3v) is 10.5. The van der Waals surface area contributed by atoms with Crippen molar-refractivity contribution in [2.45, 2.75) is 103 Å². The van der Waals surface area contributed by atoms with Gasteiger partial charge in [0.2, 0.25) is 0 Å². The van der Waals surface area contributed by atoms with Crippen LogP contribution in [0, 0.1) is 5.92 Å². The SMILES string of the molecule is C=CCCCCC(=O)CCC(C)=CC(C)[C@H](O[Si](C)(C)C(C)(C)C)[C@H](C=C)OC. The molecule has 0 fully saturated rings. The molecule has 0 radical (unpaired) electrons. The average Bonchev–Trinajstić information content (AvgIpc) is 2.62. The maximum absolute atomic E-state index is 12.1. The van der Waals surface area contributed by atoms with Crippen molar-refractivity contribution < 1.29 is 14.0 Å². The van der Waals surface area contributed by atoms with E-state index in [2.05, 4.69) is 66.9 Å². The highest BCUT2D eigenvalue weighted by Crippen LogP contribution is 2.39. The highest BCUT2D eigenvalue weighted by Gasteiger charge is 2.41. The Kier molecular flexibility index (Phi) is 12.9. The number of ketones is 1. The molecular formula is C25H46O3Si. The molecule has 0 heterocycles. The minimum Gasteiger partial charge on any atom is -0.410 e. The van der Waals surface area contributed by atoms with Crippen LogP contribution in [0.4, 0.5) is 0 Å². The Morgan fingerprint density at radius 1 is 1.10 bits per heavy atom. The van der Waals surface area contributed by atoms with Crippen LogP contribution in [0.1, 0.15) is 73.1 Å². The first-order valence-electron chi connectivity index (χ1n) is 11.0. The minimum atomic E-state index is -1.95. The number of carbonyl (C=O) groups is 1. The molecule has 4 heteroatoms. The van der Waals surface area contributed by atoms with Gasteiger partial charge >= 0.3 is 0 Å². The van der Waals surface area contributed by atoms with E-state index in [4.69, 9.17) is 9.16 Å². The summed E-state index contributed by atoms with van der Waals surface area (Å²) in [4.78, 5) is 12.1. The van der Waals surface area contributed by atoms with Crippen LogP contribution in [0.3, 0.4) is 0 Å². The van der Waals surface area contributed by atoms with Gasteiger partial charge in [0.15, 0.2) is 8.32 Å². The van der Waals surface area contributed by atoms with Crippen molar-refractivity contribution in [1.82, 2.24) is 0 Å². The number of hydrogen-bond donors (Lipinski definition) is 0. The van der Waals surface area contributed by atoms with Gasteiger partial charge < -0.3 is 9.16 Å². The number of allylic oxidation sites excluding steroid dienone is 2. The number of methoxy groups -OCH3 is 1. The minimum absolute atomic E-state index is 0.0806. The summed E-state index contributed by atoms with van der Waals surface area (Å²) in [5.41, 5.74) is 1.24. The summed E-state index contributed by atoms with van der Waals surface area (Å²) in [7, 11) is -0.243.